The number of rotatable bonds is 4. The molecule has 2 unspecified atom stereocenters. The van der Waals surface area contributed by atoms with Gasteiger partial charge in [0, 0.05) is 24.6 Å². The Morgan fingerprint density at radius 3 is 3.00 bits per heavy atom. The minimum absolute atomic E-state index is 0.706. The van der Waals surface area contributed by atoms with Crippen molar-refractivity contribution in [2.45, 2.75) is 38.8 Å². The molecule has 1 aromatic carbocycles. The number of ether oxygens (including phenoxy) is 2. The van der Waals surface area contributed by atoms with E-state index in [0.29, 0.717) is 6.04 Å². The van der Waals surface area contributed by atoms with E-state index in [2.05, 4.69) is 24.4 Å². The Morgan fingerprint density at radius 1 is 1.28 bits per heavy atom. The fraction of sp³-hybridized carbons (Fsp3) is 0.600. The van der Waals surface area contributed by atoms with E-state index in [1.165, 1.54) is 18.4 Å². The average molecular weight is 247 g/mol. The molecule has 98 valence electrons. The summed E-state index contributed by atoms with van der Waals surface area (Å²) < 4.78 is 11.5. The summed E-state index contributed by atoms with van der Waals surface area (Å²) in [5, 5.41) is 3.61. The van der Waals surface area contributed by atoms with E-state index in [1.54, 1.807) is 0 Å². The monoisotopic (exact) mass is 247 g/mol. The second-order valence-corrected chi connectivity index (χ2v) is 5.19. The molecule has 0 saturated heterocycles. The van der Waals surface area contributed by atoms with Crippen molar-refractivity contribution in [2.24, 2.45) is 5.92 Å². The van der Waals surface area contributed by atoms with Crippen LogP contribution in [0, 0.1) is 5.92 Å². The highest BCUT2D eigenvalue weighted by Crippen LogP contribution is 2.36. The highest BCUT2D eigenvalue weighted by atomic mass is 16.5. The van der Waals surface area contributed by atoms with E-state index < -0.39 is 0 Å². The van der Waals surface area contributed by atoms with E-state index in [9.17, 15) is 0 Å². The quantitative estimate of drug-likeness (QED) is 0.887. The third-order valence-electron chi connectivity index (χ3n) is 3.85. The van der Waals surface area contributed by atoms with Gasteiger partial charge in [-0.3, -0.25) is 0 Å². The molecule has 1 saturated carbocycles. The minimum atomic E-state index is 0.706. The van der Waals surface area contributed by atoms with Crippen LogP contribution >= 0.6 is 0 Å². The zero-order valence-electron chi connectivity index (χ0n) is 10.9. The maximum absolute atomic E-state index is 5.82. The first-order valence-electron chi connectivity index (χ1n) is 6.99. The normalized spacial score (nSPS) is 25.6. The van der Waals surface area contributed by atoms with Crippen molar-refractivity contribution in [3.05, 3.63) is 23.8 Å². The first-order valence-corrected chi connectivity index (χ1v) is 6.99. The van der Waals surface area contributed by atoms with Crippen LogP contribution in [-0.2, 0) is 6.54 Å². The molecule has 18 heavy (non-hydrogen) atoms. The predicted molar refractivity (Wildman–Crippen MR) is 71.1 cm³/mol. The van der Waals surface area contributed by atoms with E-state index in [4.69, 9.17) is 9.47 Å². The summed E-state index contributed by atoms with van der Waals surface area (Å²) in [5.74, 6) is 2.72. The molecule has 2 atom stereocenters. The van der Waals surface area contributed by atoms with Crippen LogP contribution in [0.25, 0.3) is 0 Å². The fourth-order valence-electron chi connectivity index (χ4n) is 2.58. The Bertz CT molecular complexity index is 419. The predicted octanol–water partition coefficient (Wildman–Crippen LogP) is 2.74. The van der Waals surface area contributed by atoms with Gasteiger partial charge in [-0.1, -0.05) is 25.5 Å². The molecular formula is C15H21NO2. The van der Waals surface area contributed by atoms with Gasteiger partial charge < -0.3 is 14.8 Å². The Kier molecular flexibility index (Phi) is 3.41. The summed E-state index contributed by atoms with van der Waals surface area (Å²) >= 11 is 0. The Balaban J connectivity index is 1.68. The maximum atomic E-state index is 5.82. The lowest BCUT2D eigenvalue weighted by atomic mass is 10.2. The van der Waals surface area contributed by atoms with E-state index in [-0.39, 0.29) is 0 Å². The average Bonchev–Trinajstić information content (AvgIpc) is 3.18. The van der Waals surface area contributed by atoms with Crippen molar-refractivity contribution in [1.29, 1.82) is 0 Å². The van der Waals surface area contributed by atoms with Crippen LogP contribution in [-0.4, -0.2) is 19.3 Å². The van der Waals surface area contributed by atoms with Gasteiger partial charge in [-0.15, -0.1) is 0 Å². The summed E-state index contributed by atoms with van der Waals surface area (Å²) in [5.41, 5.74) is 1.22. The van der Waals surface area contributed by atoms with Crippen molar-refractivity contribution in [1.82, 2.24) is 5.32 Å². The van der Waals surface area contributed by atoms with Gasteiger partial charge in [0.1, 0.15) is 0 Å². The van der Waals surface area contributed by atoms with Gasteiger partial charge >= 0.3 is 0 Å². The Morgan fingerprint density at radius 2 is 2.17 bits per heavy atom. The molecule has 1 heterocycles. The number of nitrogens with one attached hydrogen (secondary N) is 1. The molecule has 0 radical (unpaired) electrons. The molecule has 3 nitrogen and oxygen atoms in total. The summed E-state index contributed by atoms with van der Waals surface area (Å²) in [6, 6.07) is 6.88. The number of fused-ring (bicyclic) bond motifs is 1. The topological polar surface area (TPSA) is 30.5 Å². The second-order valence-electron chi connectivity index (χ2n) is 5.19. The molecular weight excluding hydrogens is 226 g/mol. The number of para-hydroxylation sites is 1. The molecule has 1 aliphatic carbocycles. The molecule has 0 spiro atoms. The van der Waals surface area contributed by atoms with E-state index in [0.717, 1.165) is 43.6 Å². The van der Waals surface area contributed by atoms with Crippen LogP contribution in [0.1, 0.15) is 31.7 Å². The largest absolute Gasteiger partial charge is 0.490 e. The lowest BCUT2D eigenvalue weighted by Crippen LogP contribution is -2.18. The van der Waals surface area contributed by atoms with Gasteiger partial charge in [-0.2, -0.15) is 0 Å². The van der Waals surface area contributed by atoms with Gasteiger partial charge in [0.05, 0.1) is 13.2 Å². The molecule has 0 amide bonds. The molecule has 3 heteroatoms. The van der Waals surface area contributed by atoms with Crippen molar-refractivity contribution >= 4 is 0 Å². The first kappa shape index (κ1) is 11.8. The molecule has 1 N–H and O–H groups in total. The lowest BCUT2D eigenvalue weighted by molar-refractivity contribution is 0.296. The molecule has 0 aromatic heterocycles. The Hall–Kier alpha value is -1.22. The van der Waals surface area contributed by atoms with Crippen LogP contribution in [0.4, 0.5) is 0 Å². The minimum Gasteiger partial charge on any atom is -0.490 e. The number of hydrogen-bond donors (Lipinski definition) is 1. The zero-order valence-corrected chi connectivity index (χ0v) is 10.9. The molecule has 1 aliphatic heterocycles. The SMILES string of the molecule is CCC1CC1NCc1cccc2c1OCCCO2. The van der Waals surface area contributed by atoms with Crippen molar-refractivity contribution in [3.8, 4) is 11.5 Å². The number of benzene rings is 1. The van der Waals surface area contributed by atoms with Gasteiger partial charge in [0.2, 0.25) is 0 Å². The number of hydrogen-bond acceptors (Lipinski definition) is 3. The summed E-state index contributed by atoms with van der Waals surface area (Å²) in [7, 11) is 0. The van der Waals surface area contributed by atoms with Crippen LogP contribution in [0.5, 0.6) is 11.5 Å². The van der Waals surface area contributed by atoms with E-state index >= 15 is 0 Å². The molecule has 1 aromatic rings. The Labute approximate surface area is 108 Å². The molecule has 0 bridgehead atoms. The van der Waals surface area contributed by atoms with Crippen LogP contribution in [0.2, 0.25) is 0 Å². The third kappa shape index (κ3) is 2.46. The van der Waals surface area contributed by atoms with Gasteiger partial charge in [0.25, 0.3) is 0 Å². The maximum Gasteiger partial charge on any atom is 0.165 e. The van der Waals surface area contributed by atoms with Gasteiger partial charge in [-0.05, 0) is 18.4 Å². The fourth-order valence-corrected chi connectivity index (χ4v) is 2.58. The van der Waals surface area contributed by atoms with Crippen LogP contribution in [0.3, 0.4) is 0 Å². The zero-order chi connectivity index (χ0) is 12.4. The summed E-state index contributed by atoms with van der Waals surface area (Å²) in [4.78, 5) is 0. The van der Waals surface area contributed by atoms with E-state index in [1.807, 2.05) is 6.07 Å². The van der Waals surface area contributed by atoms with Gasteiger partial charge in [-0.25, -0.2) is 0 Å². The first-order chi connectivity index (χ1) is 8.88. The smallest absolute Gasteiger partial charge is 0.165 e. The highest BCUT2D eigenvalue weighted by molar-refractivity contribution is 5.47. The molecule has 1 fully saturated rings. The highest BCUT2D eigenvalue weighted by Gasteiger charge is 2.34. The third-order valence-corrected chi connectivity index (χ3v) is 3.85. The van der Waals surface area contributed by atoms with Crippen molar-refractivity contribution in [2.75, 3.05) is 13.2 Å². The molecule has 3 rings (SSSR count). The summed E-state index contributed by atoms with van der Waals surface area (Å²) in [6.07, 6.45) is 3.56. The standard InChI is InChI=1S/C15H21NO2/c1-2-11-9-13(11)16-10-12-5-3-6-14-15(12)18-8-4-7-17-14/h3,5-6,11,13,16H,2,4,7-10H2,1H3. The summed E-state index contributed by atoms with van der Waals surface area (Å²) in [6.45, 7) is 4.65. The molecule has 2 aliphatic rings. The van der Waals surface area contributed by atoms with Crippen LogP contribution in [0.15, 0.2) is 18.2 Å². The van der Waals surface area contributed by atoms with Crippen molar-refractivity contribution < 1.29 is 9.47 Å². The van der Waals surface area contributed by atoms with Crippen molar-refractivity contribution in [3.63, 3.8) is 0 Å². The van der Waals surface area contributed by atoms with Gasteiger partial charge in [0.15, 0.2) is 11.5 Å². The second kappa shape index (κ2) is 5.19. The lowest BCUT2D eigenvalue weighted by Gasteiger charge is -2.13. The van der Waals surface area contributed by atoms with Crippen LogP contribution < -0.4 is 14.8 Å².